The van der Waals surface area contributed by atoms with Crippen molar-refractivity contribution in [2.45, 2.75) is 45.8 Å². The van der Waals surface area contributed by atoms with Gasteiger partial charge in [-0.05, 0) is 31.6 Å². The van der Waals surface area contributed by atoms with Crippen LogP contribution in [0.5, 0.6) is 0 Å². The Morgan fingerprint density at radius 3 is 2.58 bits per heavy atom. The van der Waals surface area contributed by atoms with Gasteiger partial charge in [0.25, 0.3) is 0 Å². The highest BCUT2D eigenvalue weighted by Gasteiger charge is 2.26. The van der Waals surface area contributed by atoms with Gasteiger partial charge in [0, 0.05) is 0 Å². The quantitative estimate of drug-likeness (QED) is 0.576. The second kappa shape index (κ2) is 4.08. The average Bonchev–Trinajstić information content (AvgIpc) is 2.03. The Hall–Kier alpha value is -0.300. The van der Waals surface area contributed by atoms with Gasteiger partial charge in [-0.15, -0.1) is 6.58 Å². The van der Waals surface area contributed by atoms with Gasteiger partial charge in [0.1, 0.15) is 0 Å². The van der Waals surface area contributed by atoms with Crippen LogP contribution in [0, 0.1) is 11.8 Å². The Bertz CT molecular complexity index is 151. The van der Waals surface area contributed by atoms with Crippen molar-refractivity contribution in [1.82, 2.24) is 0 Å². The number of ether oxygens (including phenoxy) is 1. The van der Waals surface area contributed by atoms with E-state index in [4.69, 9.17) is 4.74 Å². The van der Waals surface area contributed by atoms with Crippen molar-refractivity contribution < 1.29 is 4.74 Å². The molecular weight excluding hydrogens is 148 g/mol. The molecule has 1 aliphatic heterocycles. The maximum absolute atomic E-state index is 5.70. The van der Waals surface area contributed by atoms with E-state index in [1.807, 2.05) is 6.08 Å². The molecule has 1 heteroatoms. The van der Waals surface area contributed by atoms with Gasteiger partial charge in [-0.2, -0.15) is 0 Å². The van der Waals surface area contributed by atoms with Crippen molar-refractivity contribution in [1.29, 1.82) is 0 Å². The van der Waals surface area contributed by atoms with Crippen LogP contribution in [0.3, 0.4) is 0 Å². The lowest BCUT2D eigenvalue weighted by Gasteiger charge is -2.34. The molecule has 1 aliphatic rings. The maximum atomic E-state index is 5.70. The third kappa shape index (κ3) is 2.34. The molecule has 12 heavy (non-hydrogen) atoms. The molecule has 0 unspecified atom stereocenters. The summed E-state index contributed by atoms with van der Waals surface area (Å²) < 4.78 is 5.70. The lowest BCUT2D eigenvalue weighted by molar-refractivity contribution is -0.0466. The summed E-state index contributed by atoms with van der Waals surface area (Å²) in [4.78, 5) is 0. The molecule has 1 saturated heterocycles. The molecule has 0 N–H and O–H groups in total. The van der Waals surface area contributed by atoms with Crippen LogP contribution in [0.2, 0.25) is 0 Å². The van der Waals surface area contributed by atoms with Gasteiger partial charge in [-0.1, -0.05) is 19.9 Å². The highest BCUT2D eigenvalue weighted by Crippen LogP contribution is 2.30. The third-order valence-corrected chi connectivity index (χ3v) is 2.78. The number of rotatable bonds is 2. The summed E-state index contributed by atoms with van der Waals surface area (Å²) in [6, 6.07) is 0. The first kappa shape index (κ1) is 9.79. The summed E-state index contributed by atoms with van der Waals surface area (Å²) in [5.74, 6) is 1.59. The summed E-state index contributed by atoms with van der Waals surface area (Å²) in [5, 5.41) is 0. The second-order valence-electron chi connectivity index (χ2n) is 4.20. The summed E-state index contributed by atoms with van der Waals surface area (Å²) in [6.45, 7) is 10.5. The minimum absolute atomic E-state index is 0.293. The van der Waals surface area contributed by atoms with Gasteiger partial charge in [0.05, 0.1) is 12.2 Å². The number of hydrogen-bond acceptors (Lipinski definition) is 1. The van der Waals surface area contributed by atoms with E-state index in [0.29, 0.717) is 12.2 Å². The predicted octanol–water partition coefficient (Wildman–Crippen LogP) is 3.01. The molecule has 1 heterocycles. The molecule has 0 amide bonds. The van der Waals surface area contributed by atoms with E-state index in [1.165, 1.54) is 6.42 Å². The van der Waals surface area contributed by atoms with Crippen molar-refractivity contribution in [2.75, 3.05) is 0 Å². The van der Waals surface area contributed by atoms with Crippen molar-refractivity contribution in [3.8, 4) is 0 Å². The van der Waals surface area contributed by atoms with E-state index in [1.54, 1.807) is 0 Å². The largest absolute Gasteiger partial charge is 0.371 e. The fraction of sp³-hybridized carbons (Fsp3) is 0.818. The predicted molar refractivity (Wildman–Crippen MR) is 52.1 cm³/mol. The van der Waals surface area contributed by atoms with Crippen molar-refractivity contribution in [2.24, 2.45) is 11.8 Å². The van der Waals surface area contributed by atoms with Gasteiger partial charge in [0.2, 0.25) is 0 Å². The molecule has 1 nitrogen and oxygen atoms in total. The van der Waals surface area contributed by atoms with Crippen LogP contribution in [0.4, 0.5) is 0 Å². The Balaban J connectivity index is 2.50. The van der Waals surface area contributed by atoms with Gasteiger partial charge in [0.15, 0.2) is 0 Å². The van der Waals surface area contributed by atoms with Crippen LogP contribution in [-0.2, 0) is 4.74 Å². The summed E-state index contributed by atoms with van der Waals surface area (Å²) in [7, 11) is 0. The molecule has 3 atom stereocenters. The first-order valence-electron chi connectivity index (χ1n) is 4.91. The Morgan fingerprint density at radius 1 is 1.42 bits per heavy atom. The lowest BCUT2D eigenvalue weighted by Crippen LogP contribution is -2.32. The van der Waals surface area contributed by atoms with Gasteiger partial charge in [-0.25, -0.2) is 0 Å². The highest BCUT2D eigenvalue weighted by atomic mass is 16.5. The smallest absolute Gasteiger partial charge is 0.0759 e. The Morgan fingerprint density at radius 2 is 2.08 bits per heavy atom. The van der Waals surface area contributed by atoms with Gasteiger partial charge in [-0.3, -0.25) is 0 Å². The SMILES string of the molecule is C=C[C@@H]1C[C@@H](C(C)C)C[C@H](C)O1. The zero-order valence-corrected chi connectivity index (χ0v) is 8.42. The fourth-order valence-corrected chi connectivity index (χ4v) is 1.93. The number of hydrogen-bond donors (Lipinski definition) is 0. The molecule has 70 valence electrons. The maximum Gasteiger partial charge on any atom is 0.0759 e. The van der Waals surface area contributed by atoms with E-state index < -0.39 is 0 Å². The van der Waals surface area contributed by atoms with E-state index in [9.17, 15) is 0 Å². The summed E-state index contributed by atoms with van der Waals surface area (Å²) in [6.07, 6.45) is 5.01. The molecule has 0 aliphatic carbocycles. The first-order valence-corrected chi connectivity index (χ1v) is 4.91. The van der Waals surface area contributed by atoms with E-state index in [-0.39, 0.29) is 0 Å². The molecule has 0 radical (unpaired) electrons. The van der Waals surface area contributed by atoms with Crippen LogP contribution in [0.15, 0.2) is 12.7 Å². The standard InChI is InChI=1S/C11H20O/c1-5-11-7-10(8(2)3)6-9(4)12-11/h5,8-11H,1,6-7H2,2-4H3/t9-,10-,11+/m0/s1. The molecule has 0 aromatic rings. The summed E-state index contributed by atoms with van der Waals surface area (Å²) >= 11 is 0. The van der Waals surface area contributed by atoms with Crippen LogP contribution in [0.25, 0.3) is 0 Å². The molecule has 0 bridgehead atoms. The summed E-state index contributed by atoms with van der Waals surface area (Å²) in [5.41, 5.74) is 0. The van der Waals surface area contributed by atoms with Crippen LogP contribution < -0.4 is 0 Å². The second-order valence-corrected chi connectivity index (χ2v) is 4.20. The zero-order chi connectivity index (χ0) is 9.14. The topological polar surface area (TPSA) is 9.23 Å². The molecule has 0 spiro atoms. The average molecular weight is 168 g/mol. The van der Waals surface area contributed by atoms with Crippen molar-refractivity contribution in [3.05, 3.63) is 12.7 Å². The monoisotopic (exact) mass is 168 g/mol. The van der Waals surface area contributed by atoms with Gasteiger partial charge < -0.3 is 4.74 Å². The fourth-order valence-electron chi connectivity index (χ4n) is 1.93. The Labute approximate surface area is 75.8 Å². The van der Waals surface area contributed by atoms with Gasteiger partial charge >= 0.3 is 0 Å². The van der Waals surface area contributed by atoms with Crippen LogP contribution >= 0.6 is 0 Å². The minimum Gasteiger partial charge on any atom is -0.371 e. The lowest BCUT2D eigenvalue weighted by atomic mass is 9.83. The van der Waals surface area contributed by atoms with Crippen molar-refractivity contribution >= 4 is 0 Å². The van der Waals surface area contributed by atoms with Crippen LogP contribution in [-0.4, -0.2) is 12.2 Å². The molecule has 0 aromatic heterocycles. The molecule has 0 aromatic carbocycles. The normalized spacial score (nSPS) is 36.8. The van der Waals surface area contributed by atoms with Crippen LogP contribution in [0.1, 0.15) is 33.6 Å². The third-order valence-electron chi connectivity index (χ3n) is 2.78. The molecule has 0 saturated carbocycles. The van der Waals surface area contributed by atoms with E-state index >= 15 is 0 Å². The highest BCUT2D eigenvalue weighted by molar-refractivity contribution is 4.87. The Kier molecular flexibility index (Phi) is 3.33. The van der Waals surface area contributed by atoms with Crippen molar-refractivity contribution in [3.63, 3.8) is 0 Å². The zero-order valence-electron chi connectivity index (χ0n) is 8.42. The minimum atomic E-state index is 0.293. The van der Waals surface area contributed by atoms with E-state index in [2.05, 4.69) is 27.4 Å². The first-order chi connectivity index (χ1) is 5.63. The molecular formula is C11H20O. The molecule has 1 rings (SSSR count). The van der Waals surface area contributed by atoms with E-state index in [0.717, 1.165) is 18.3 Å². The molecule has 1 fully saturated rings.